The molecule has 0 spiro atoms. The van der Waals surface area contributed by atoms with Crippen molar-refractivity contribution >= 4 is 16.1 Å². The van der Waals surface area contributed by atoms with E-state index in [9.17, 15) is 22.9 Å². The largest absolute Gasteiger partial charge is 0.744 e. The lowest BCUT2D eigenvalue weighted by molar-refractivity contribution is 0.0697. The van der Waals surface area contributed by atoms with Crippen molar-refractivity contribution in [2.75, 3.05) is 0 Å². The number of carboxylic acids is 1. The number of aromatic carboxylic acids is 1. The van der Waals surface area contributed by atoms with Crippen LogP contribution in [0.2, 0.25) is 0 Å². The monoisotopic (exact) mass is 353 g/mol. The molecule has 5 nitrogen and oxygen atoms in total. The lowest BCUT2D eigenvalue weighted by atomic mass is 9.96. The second-order valence-corrected chi connectivity index (χ2v) is 6.71. The standard InChI is InChI=1S/C19H14O5S/c20-19(21)15-11-16(13-7-3-1-4-8-13)18(25(22,23)24)17(12-15)14-9-5-2-6-10-14/h1-12H,(H,20,21)(H,22,23,24)/p-1. The zero-order valence-electron chi connectivity index (χ0n) is 12.9. The molecule has 6 heteroatoms. The third-order valence-corrected chi connectivity index (χ3v) is 4.70. The number of hydrogen-bond donors (Lipinski definition) is 1. The Morgan fingerprint density at radius 1 is 0.800 bits per heavy atom. The van der Waals surface area contributed by atoms with Crippen LogP contribution in [0.5, 0.6) is 0 Å². The average Bonchev–Trinajstić information content (AvgIpc) is 2.61. The predicted molar refractivity (Wildman–Crippen MR) is 92.2 cm³/mol. The highest BCUT2D eigenvalue weighted by Crippen LogP contribution is 2.37. The van der Waals surface area contributed by atoms with Gasteiger partial charge in [-0.05, 0) is 23.3 Å². The Morgan fingerprint density at radius 3 is 1.52 bits per heavy atom. The molecule has 0 heterocycles. The van der Waals surface area contributed by atoms with E-state index in [2.05, 4.69) is 0 Å². The van der Waals surface area contributed by atoms with Crippen LogP contribution in [0.1, 0.15) is 10.4 Å². The molecule has 0 bridgehead atoms. The Hall–Kier alpha value is -2.96. The summed E-state index contributed by atoms with van der Waals surface area (Å²) in [4.78, 5) is 11.1. The van der Waals surface area contributed by atoms with Gasteiger partial charge in [-0.3, -0.25) is 0 Å². The molecular weight excluding hydrogens is 340 g/mol. The van der Waals surface area contributed by atoms with Crippen LogP contribution in [0.3, 0.4) is 0 Å². The van der Waals surface area contributed by atoms with Crippen molar-refractivity contribution in [1.29, 1.82) is 0 Å². The maximum Gasteiger partial charge on any atom is 0.335 e. The molecule has 0 aliphatic carbocycles. The van der Waals surface area contributed by atoms with E-state index in [-0.39, 0.29) is 16.7 Å². The minimum absolute atomic E-state index is 0.0781. The van der Waals surface area contributed by atoms with E-state index in [4.69, 9.17) is 0 Å². The highest BCUT2D eigenvalue weighted by molar-refractivity contribution is 7.86. The molecule has 0 atom stereocenters. The summed E-state index contributed by atoms with van der Waals surface area (Å²) in [5.74, 6) is -1.20. The first-order valence-electron chi connectivity index (χ1n) is 7.36. The van der Waals surface area contributed by atoms with E-state index in [0.29, 0.717) is 11.1 Å². The first-order chi connectivity index (χ1) is 11.9. The molecule has 25 heavy (non-hydrogen) atoms. The molecule has 3 rings (SSSR count). The summed E-state index contributed by atoms with van der Waals surface area (Å²) >= 11 is 0. The van der Waals surface area contributed by atoms with Crippen molar-refractivity contribution in [3.63, 3.8) is 0 Å². The highest BCUT2D eigenvalue weighted by Gasteiger charge is 2.20. The van der Waals surface area contributed by atoms with Gasteiger partial charge in [-0.25, -0.2) is 13.2 Å². The van der Waals surface area contributed by atoms with Gasteiger partial charge in [0.25, 0.3) is 0 Å². The fourth-order valence-corrected chi connectivity index (χ4v) is 3.58. The fraction of sp³-hybridized carbons (Fsp3) is 0. The molecule has 126 valence electrons. The number of benzene rings is 3. The quantitative estimate of drug-likeness (QED) is 0.723. The maximum absolute atomic E-state index is 12.0. The molecule has 0 amide bonds. The Bertz CT molecular complexity index is 965. The van der Waals surface area contributed by atoms with Crippen LogP contribution in [0.15, 0.2) is 77.7 Å². The van der Waals surface area contributed by atoms with Crippen LogP contribution in [0.25, 0.3) is 22.3 Å². The maximum atomic E-state index is 12.0. The van der Waals surface area contributed by atoms with Crippen molar-refractivity contribution in [2.45, 2.75) is 4.90 Å². The molecule has 0 aliphatic heterocycles. The molecule has 0 saturated heterocycles. The van der Waals surface area contributed by atoms with Crippen molar-refractivity contribution < 1.29 is 22.9 Å². The molecule has 1 N–H and O–H groups in total. The number of carboxylic acid groups (broad SMARTS) is 1. The third kappa shape index (κ3) is 3.45. The summed E-state index contributed by atoms with van der Waals surface area (Å²) < 4.78 is 36.0. The summed E-state index contributed by atoms with van der Waals surface area (Å²) in [7, 11) is -4.85. The predicted octanol–water partition coefficient (Wildman–Crippen LogP) is 3.62. The number of rotatable bonds is 4. The first-order valence-corrected chi connectivity index (χ1v) is 8.77. The number of hydrogen-bond acceptors (Lipinski definition) is 4. The molecule has 0 radical (unpaired) electrons. The molecule has 0 aromatic heterocycles. The zero-order valence-corrected chi connectivity index (χ0v) is 13.7. The summed E-state index contributed by atoms with van der Waals surface area (Å²) in [6, 6.07) is 19.2. The van der Waals surface area contributed by atoms with Crippen LogP contribution >= 0.6 is 0 Å². The summed E-state index contributed by atoms with van der Waals surface area (Å²) in [5, 5.41) is 9.39. The molecule has 0 unspecified atom stereocenters. The van der Waals surface area contributed by atoms with E-state index in [0.717, 1.165) is 0 Å². The van der Waals surface area contributed by atoms with Crippen LogP contribution in [-0.2, 0) is 10.1 Å². The molecule has 0 saturated carbocycles. The smallest absolute Gasteiger partial charge is 0.335 e. The van der Waals surface area contributed by atoms with E-state index < -0.39 is 21.0 Å². The molecule has 3 aromatic carbocycles. The SMILES string of the molecule is O=C(O)c1cc(-c2ccccc2)c(S(=O)(=O)[O-])c(-c2ccccc2)c1. The third-order valence-electron chi connectivity index (χ3n) is 3.76. The van der Waals surface area contributed by atoms with Crippen molar-refractivity contribution in [3.8, 4) is 22.3 Å². The lowest BCUT2D eigenvalue weighted by Crippen LogP contribution is -2.07. The van der Waals surface area contributed by atoms with Gasteiger partial charge in [0.15, 0.2) is 0 Å². The topological polar surface area (TPSA) is 94.5 Å². The molecule has 3 aromatic rings. The summed E-state index contributed by atoms with van der Waals surface area (Å²) in [6.07, 6.45) is 0. The second kappa shape index (κ2) is 6.51. The minimum Gasteiger partial charge on any atom is -0.744 e. The van der Waals surface area contributed by atoms with Crippen LogP contribution in [0, 0.1) is 0 Å². The van der Waals surface area contributed by atoms with E-state index in [1.165, 1.54) is 12.1 Å². The summed E-state index contributed by atoms with van der Waals surface area (Å²) in [6.45, 7) is 0. The van der Waals surface area contributed by atoms with Gasteiger partial charge in [0, 0.05) is 11.1 Å². The van der Waals surface area contributed by atoms with Crippen LogP contribution < -0.4 is 0 Å². The van der Waals surface area contributed by atoms with Gasteiger partial charge in [0.1, 0.15) is 10.1 Å². The van der Waals surface area contributed by atoms with Gasteiger partial charge >= 0.3 is 5.97 Å². The van der Waals surface area contributed by atoms with Gasteiger partial charge < -0.3 is 9.66 Å². The first kappa shape index (κ1) is 16.9. The van der Waals surface area contributed by atoms with E-state index in [1.807, 2.05) is 0 Å². The van der Waals surface area contributed by atoms with Crippen molar-refractivity contribution in [2.24, 2.45) is 0 Å². The Labute approximate surface area is 144 Å². The summed E-state index contributed by atoms with van der Waals surface area (Å²) in [5.41, 5.74) is 0.975. The normalized spacial score (nSPS) is 11.2. The van der Waals surface area contributed by atoms with Gasteiger partial charge in [-0.15, -0.1) is 0 Å². The second-order valence-electron chi connectivity index (χ2n) is 5.39. The van der Waals surface area contributed by atoms with Crippen LogP contribution in [0.4, 0.5) is 0 Å². The van der Waals surface area contributed by atoms with Gasteiger partial charge in [0.05, 0.1) is 10.5 Å². The Balaban J connectivity index is 2.45. The lowest BCUT2D eigenvalue weighted by Gasteiger charge is -2.19. The fourth-order valence-electron chi connectivity index (χ4n) is 2.69. The van der Waals surface area contributed by atoms with Gasteiger partial charge in [0.2, 0.25) is 0 Å². The van der Waals surface area contributed by atoms with Gasteiger partial charge in [-0.1, -0.05) is 60.7 Å². The van der Waals surface area contributed by atoms with Gasteiger partial charge in [-0.2, -0.15) is 0 Å². The Morgan fingerprint density at radius 2 is 1.20 bits per heavy atom. The van der Waals surface area contributed by atoms with E-state index >= 15 is 0 Å². The number of carbonyl (C=O) groups is 1. The van der Waals surface area contributed by atoms with Crippen molar-refractivity contribution in [1.82, 2.24) is 0 Å². The molecular formula is C19H13O5S-. The molecule has 0 fully saturated rings. The zero-order chi connectivity index (χ0) is 18.0. The average molecular weight is 353 g/mol. The Kier molecular flexibility index (Phi) is 4.39. The van der Waals surface area contributed by atoms with Crippen molar-refractivity contribution in [3.05, 3.63) is 78.4 Å². The van der Waals surface area contributed by atoms with E-state index in [1.54, 1.807) is 60.7 Å². The van der Waals surface area contributed by atoms with Crippen LogP contribution in [-0.4, -0.2) is 24.0 Å². The molecule has 0 aliphatic rings. The minimum atomic E-state index is -4.85. The highest BCUT2D eigenvalue weighted by atomic mass is 32.2.